The van der Waals surface area contributed by atoms with Crippen LogP contribution in [0.2, 0.25) is 0 Å². The van der Waals surface area contributed by atoms with Crippen molar-refractivity contribution in [3.8, 4) is 0 Å². The van der Waals surface area contributed by atoms with Gasteiger partial charge in [-0.3, -0.25) is 0 Å². The highest BCUT2D eigenvalue weighted by Gasteiger charge is 2.06. The van der Waals surface area contributed by atoms with Gasteiger partial charge < -0.3 is 4.74 Å². The van der Waals surface area contributed by atoms with Gasteiger partial charge in [-0.15, -0.1) is 0 Å². The maximum atomic E-state index is 11.2. The summed E-state index contributed by atoms with van der Waals surface area (Å²) in [6.45, 7) is 0. The monoisotopic (exact) mass is 318 g/mol. The predicted octanol–water partition coefficient (Wildman–Crippen LogP) is 3.60. The topological polar surface area (TPSA) is 26.3 Å². The average molecular weight is 320 g/mol. The Balaban J connectivity index is 3.06. The third kappa shape index (κ3) is 2.69. The lowest BCUT2D eigenvalue weighted by Crippen LogP contribution is -2.00. The minimum atomic E-state index is -0.333. The summed E-state index contributed by atoms with van der Waals surface area (Å²) in [6.07, 6.45) is 1.88. The fraction of sp³-hybridized carbons (Fsp3) is 0.100. The van der Waals surface area contributed by atoms with Crippen molar-refractivity contribution in [3.05, 3.63) is 38.8 Å². The Labute approximate surface area is 99.2 Å². The Hall–Kier alpha value is -0.610. The Morgan fingerprint density at radius 2 is 2.21 bits per heavy atom. The summed E-state index contributed by atoms with van der Waals surface area (Å²) in [4.78, 5) is 12.9. The van der Waals surface area contributed by atoms with Crippen molar-refractivity contribution in [2.24, 2.45) is 0 Å². The Morgan fingerprint density at radius 1 is 1.50 bits per heavy atom. The molecule has 0 aromatic heterocycles. The molecule has 2 nitrogen and oxygen atoms in total. The molecule has 0 amide bonds. The third-order valence-corrected chi connectivity index (χ3v) is 2.62. The fourth-order valence-corrected chi connectivity index (χ4v) is 1.77. The van der Waals surface area contributed by atoms with Gasteiger partial charge in [-0.2, -0.15) is 0 Å². The zero-order valence-electron chi connectivity index (χ0n) is 7.46. The molecule has 0 atom stereocenters. The molecule has 0 aliphatic carbocycles. The molecule has 14 heavy (non-hydrogen) atoms. The van der Waals surface area contributed by atoms with E-state index in [-0.39, 0.29) is 5.97 Å². The number of esters is 1. The second kappa shape index (κ2) is 5.32. The normalized spacial score (nSPS) is 10.5. The van der Waals surface area contributed by atoms with E-state index in [0.717, 1.165) is 10.0 Å². The molecule has 0 heterocycles. The van der Waals surface area contributed by atoms with Crippen LogP contribution in [-0.2, 0) is 4.74 Å². The van der Waals surface area contributed by atoms with E-state index in [9.17, 15) is 4.79 Å². The molecule has 1 rings (SSSR count). The Morgan fingerprint density at radius 3 is 2.71 bits per heavy atom. The van der Waals surface area contributed by atoms with Gasteiger partial charge in [-0.25, -0.2) is 4.79 Å². The summed E-state index contributed by atoms with van der Waals surface area (Å²) in [7, 11) is 1.36. The Kier molecular flexibility index (Phi) is 4.35. The number of methoxy groups -OCH3 is 1. The number of carbonyl (C=O) groups excluding carboxylic acids is 1. The smallest absolute Gasteiger partial charge is 0.337 e. The molecule has 74 valence electrons. The van der Waals surface area contributed by atoms with Crippen molar-refractivity contribution in [2.45, 2.75) is 0 Å². The number of hydrogen-bond acceptors (Lipinski definition) is 2. The lowest BCUT2D eigenvalue weighted by Gasteiger charge is -2.02. The molecule has 0 aliphatic rings. The summed E-state index contributed by atoms with van der Waals surface area (Å²) in [5.74, 6) is -0.333. The van der Waals surface area contributed by atoms with E-state index in [4.69, 9.17) is 0 Å². The van der Waals surface area contributed by atoms with Crippen molar-refractivity contribution in [1.29, 1.82) is 0 Å². The summed E-state index contributed by atoms with van der Waals surface area (Å²) in [5, 5.41) is 0. The zero-order valence-corrected chi connectivity index (χ0v) is 10.6. The summed E-state index contributed by atoms with van der Waals surface area (Å²) >= 11 is 6.55. The van der Waals surface area contributed by atoms with Crippen molar-refractivity contribution in [2.75, 3.05) is 7.11 Å². The van der Waals surface area contributed by atoms with E-state index >= 15 is 0 Å². The van der Waals surface area contributed by atoms with Gasteiger partial charge in [0.15, 0.2) is 0 Å². The maximum absolute atomic E-state index is 11.2. The van der Waals surface area contributed by atoms with Crippen molar-refractivity contribution < 1.29 is 9.53 Å². The predicted molar refractivity (Wildman–Crippen MR) is 63.4 cm³/mol. The lowest BCUT2D eigenvalue weighted by molar-refractivity contribution is 0.0600. The molecule has 4 heteroatoms. The summed E-state index contributed by atoms with van der Waals surface area (Å²) < 4.78 is 5.46. The standard InChI is InChI=1S/C10H8Br2O2/c1-14-10(13)8-3-2-7(4-5-11)9(12)6-8/h2-6H,1H3/b5-4-. The lowest BCUT2D eigenvalue weighted by atomic mass is 10.1. The van der Waals surface area contributed by atoms with E-state index in [1.54, 1.807) is 17.1 Å². The molecule has 0 saturated heterocycles. The van der Waals surface area contributed by atoms with Crippen molar-refractivity contribution >= 4 is 43.9 Å². The van der Waals surface area contributed by atoms with Crippen LogP contribution in [0, 0.1) is 0 Å². The first-order valence-corrected chi connectivity index (χ1v) is 5.54. The zero-order chi connectivity index (χ0) is 10.6. The first-order valence-electron chi connectivity index (χ1n) is 3.83. The summed E-state index contributed by atoms with van der Waals surface area (Å²) in [6, 6.07) is 5.29. The van der Waals surface area contributed by atoms with E-state index in [1.807, 2.05) is 12.1 Å². The third-order valence-electron chi connectivity index (χ3n) is 1.66. The van der Waals surface area contributed by atoms with E-state index in [1.165, 1.54) is 7.11 Å². The number of halogens is 2. The van der Waals surface area contributed by atoms with Crippen LogP contribution in [0.15, 0.2) is 27.7 Å². The minimum Gasteiger partial charge on any atom is -0.465 e. The quantitative estimate of drug-likeness (QED) is 0.778. The number of benzene rings is 1. The van der Waals surface area contributed by atoms with E-state index < -0.39 is 0 Å². The second-order valence-electron chi connectivity index (χ2n) is 2.52. The Bertz CT molecular complexity index is 372. The number of carbonyl (C=O) groups is 1. The summed E-state index contributed by atoms with van der Waals surface area (Å²) in [5.41, 5.74) is 1.53. The molecule has 0 unspecified atom stereocenters. The highest BCUT2D eigenvalue weighted by molar-refractivity contribution is 9.11. The maximum Gasteiger partial charge on any atom is 0.337 e. The van der Waals surface area contributed by atoms with Crippen LogP contribution in [0.3, 0.4) is 0 Å². The second-order valence-corrected chi connectivity index (χ2v) is 3.90. The van der Waals surface area contributed by atoms with Gasteiger partial charge in [0.1, 0.15) is 0 Å². The first kappa shape index (κ1) is 11.5. The van der Waals surface area contributed by atoms with Gasteiger partial charge in [0.05, 0.1) is 12.7 Å². The first-order chi connectivity index (χ1) is 6.69. The van der Waals surface area contributed by atoms with Gasteiger partial charge in [0, 0.05) is 4.47 Å². The van der Waals surface area contributed by atoms with Crippen LogP contribution in [0.1, 0.15) is 15.9 Å². The fourth-order valence-electron chi connectivity index (χ4n) is 0.975. The molecule has 0 spiro atoms. The van der Waals surface area contributed by atoms with Crippen LogP contribution in [0.4, 0.5) is 0 Å². The molecule has 0 saturated carbocycles. The molecule has 0 fully saturated rings. The molecule has 1 aromatic carbocycles. The van der Waals surface area contributed by atoms with Crippen LogP contribution < -0.4 is 0 Å². The number of rotatable bonds is 2. The number of hydrogen-bond donors (Lipinski definition) is 0. The molecular formula is C10H8Br2O2. The highest BCUT2D eigenvalue weighted by atomic mass is 79.9. The van der Waals surface area contributed by atoms with Gasteiger partial charge >= 0.3 is 5.97 Å². The van der Waals surface area contributed by atoms with Gasteiger partial charge in [0.25, 0.3) is 0 Å². The van der Waals surface area contributed by atoms with Crippen LogP contribution in [0.5, 0.6) is 0 Å². The van der Waals surface area contributed by atoms with Gasteiger partial charge in [-0.05, 0) is 28.8 Å². The van der Waals surface area contributed by atoms with Gasteiger partial charge in [-0.1, -0.05) is 37.9 Å². The highest BCUT2D eigenvalue weighted by Crippen LogP contribution is 2.20. The molecule has 0 N–H and O–H groups in total. The average Bonchev–Trinajstić information content (AvgIpc) is 2.20. The molecule has 0 radical (unpaired) electrons. The molecular weight excluding hydrogens is 312 g/mol. The molecule has 0 bridgehead atoms. The van der Waals surface area contributed by atoms with Crippen LogP contribution in [-0.4, -0.2) is 13.1 Å². The van der Waals surface area contributed by atoms with Crippen LogP contribution in [0.25, 0.3) is 6.08 Å². The molecule has 0 aliphatic heterocycles. The van der Waals surface area contributed by atoms with E-state index in [0.29, 0.717) is 5.56 Å². The largest absolute Gasteiger partial charge is 0.465 e. The minimum absolute atomic E-state index is 0.333. The van der Waals surface area contributed by atoms with E-state index in [2.05, 4.69) is 36.6 Å². The van der Waals surface area contributed by atoms with Crippen molar-refractivity contribution in [3.63, 3.8) is 0 Å². The molecule has 1 aromatic rings. The SMILES string of the molecule is COC(=O)c1ccc(/C=C\Br)c(Br)c1. The van der Waals surface area contributed by atoms with Crippen LogP contribution >= 0.6 is 31.9 Å². The van der Waals surface area contributed by atoms with Gasteiger partial charge in [0.2, 0.25) is 0 Å². The number of ether oxygens (including phenoxy) is 1. The van der Waals surface area contributed by atoms with Crippen molar-refractivity contribution in [1.82, 2.24) is 0 Å².